The second-order valence-electron chi connectivity index (χ2n) is 10.4. The molecule has 0 aromatic carbocycles. The van der Waals surface area contributed by atoms with E-state index in [4.69, 9.17) is 0 Å². The first-order valence-electron chi connectivity index (χ1n) is 14.0. The molecule has 4 nitrogen and oxygen atoms in total. The maximum Gasteiger partial charge on any atom is 0.737 e. The summed E-state index contributed by atoms with van der Waals surface area (Å²) in [6, 6.07) is 5.80. The van der Waals surface area contributed by atoms with Crippen LogP contribution in [-0.4, -0.2) is 29.8 Å². The Labute approximate surface area is 217 Å². The van der Waals surface area contributed by atoms with Crippen molar-refractivity contribution in [2.75, 3.05) is 13.1 Å². The lowest BCUT2D eigenvalue weighted by molar-refractivity contribution is -0.578. The van der Waals surface area contributed by atoms with E-state index in [2.05, 4.69) is 38.7 Å². The average Bonchev–Trinajstić information content (AvgIpc) is 2.89. The Balaban J connectivity index is 1.91. The normalized spacial score (nSPS) is 17.7. The van der Waals surface area contributed by atoms with Crippen molar-refractivity contribution in [2.45, 2.75) is 85.6 Å². The third kappa shape index (κ3) is 6.45. The second kappa shape index (κ2) is 13.2. The molecule has 0 saturated carbocycles. The largest absolute Gasteiger partial charge is 0.737 e. The summed E-state index contributed by atoms with van der Waals surface area (Å²) in [5.41, 5.74) is 1.70. The van der Waals surface area contributed by atoms with Crippen LogP contribution in [0.3, 0.4) is 0 Å². The van der Waals surface area contributed by atoms with Crippen LogP contribution < -0.4 is 4.48 Å². The lowest BCUT2D eigenvalue weighted by Crippen LogP contribution is -2.71. The van der Waals surface area contributed by atoms with Crippen LogP contribution in [0.4, 0.5) is 8.63 Å². The highest BCUT2D eigenvalue weighted by Gasteiger charge is 2.53. The minimum Gasteiger partial charge on any atom is -0.395 e. The number of allylic oxidation sites excluding steroid dienone is 4. The van der Waals surface area contributed by atoms with Gasteiger partial charge in [-0.2, -0.15) is 5.26 Å². The highest BCUT2D eigenvalue weighted by molar-refractivity contribution is 6.55. The number of nitriles is 1. The Hall–Kier alpha value is -2.46. The molecule has 0 bridgehead atoms. The van der Waals surface area contributed by atoms with Crippen molar-refractivity contribution in [1.82, 2.24) is 9.71 Å². The van der Waals surface area contributed by atoms with Gasteiger partial charge in [0.15, 0.2) is 5.69 Å². The SMILES string of the molecule is CCCCC(CC)CN(Cc1ccc2[n+](c1)[B-](F)(F)N1C=CC=CC1=C2C#N)CC(CC)CCCC. The van der Waals surface area contributed by atoms with E-state index in [-0.39, 0.29) is 17.0 Å². The third-order valence-electron chi connectivity index (χ3n) is 7.75. The molecule has 0 saturated heterocycles. The van der Waals surface area contributed by atoms with Crippen LogP contribution in [0, 0.1) is 23.2 Å². The number of unbranched alkanes of at least 4 members (excludes halogenated alkanes) is 2. The van der Waals surface area contributed by atoms with Crippen LogP contribution in [0.2, 0.25) is 0 Å². The summed E-state index contributed by atoms with van der Waals surface area (Å²) < 4.78 is 32.4. The summed E-state index contributed by atoms with van der Waals surface area (Å²) in [6.07, 6.45) is 17.4. The van der Waals surface area contributed by atoms with Gasteiger partial charge in [-0.15, -0.1) is 0 Å². The predicted octanol–water partition coefficient (Wildman–Crippen LogP) is 7.07. The van der Waals surface area contributed by atoms with Crippen molar-refractivity contribution in [3.05, 3.63) is 59.7 Å². The highest BCUT2D eigenvalue weighted by atomic mass is 19.2. The molecule has 2 aliphatic heterocycles. The van der Waals surface area contributed by atoms with Gasteiger partial charge in [-0.05, 0) is 49.1 Å². The van der Waals surface area contributed by atoms with Crippen molar-refractivity contribution in [3.63, 3.8) is 0 Å². The molecule has 0 radical (unpaired) electrons. The third-order valence-corrected chi connectivity index (χ3v) is 7.75. The van der Waals surface area contributed by atoms with Crippen molar-refractivity contribution in [3.8, 4) is 6.07 Å². The molecule has 196 valence electrons. The maximum absolute atomic E-state index is 15.7. The Bertz CT molecular complexity index is 993. The van der Waals surface area contributed by atoms with Crippen LogP contribution in [-0.2, 0) is 6.54 Å². The van der Waals surface area contributed by atoms with Gasteiger partial charge in [-0.25, -0.2) is 0 Å². The Morgan fingerprint density at radius 2 is 1.64 bits per heavy atom. The number of hydrogen-bond donors (Lipinski definition) is 0. The molecule has 1 aromatic heterocycles. The molecule has 0 amide bonds. The lowest BCUT2D eigenvalue weighted by atomic mass is 9.84. The quantitative estimate of drug-likeness (QED) is 0.259. The van der Waals surface area contributed by atoms with Gasteiger partial charge in [0.2, 0.25) is 0 Å². The van der Waals surface area contributed by atoms with Crippen molar-refractivity contribution in [2.24, 2.45) is 11.8 Å². The number of pyridine rings is 1. The zero-order valence-corrected chi connectivity index (χ0v) is 22.6. The van der Waals surface area contributed by atoms with Crippen molar-refractivity contribution < 1.29 is 13.1 Å². The van der Waals surface area contributed by atoms with E-state index < -0.39 is 6.97 Å². The fraction of sp³-hybridized carbons (Fsp3) is 0.586. The molecule has 2 atom stereocenters. The van der Waals surface area contributed by atoms with E-state index >= 15 is 8.63 Å². The van der Waals surface area contributed by atoms with Crippen LogP contribution in [0.15, 0.2) is 48.5 Å². The molecule has 0 N–H and O–H groups in total. The van der Waals surface area contributed by atoms with Gasteiger partial charge in [0.05, 0.1) is 0 Å². The topological polar surface area (TPSA) is 34.1 Å². The Kier molecular flexibility index (Phi) is 10.3. The maximum atomic E-state index is 15.7. The van der Waals surface area contributed by atoms with Crippen LogP contribution >= 0.6 is 0 Å². The minimum absolute atomic E-state index is 0.266. The zero-order valence-electron chi connectivity index (χ0n) is 22.6. The first-order valence-corrected chi connectivity index (χ1v) is 14.0. The highest BCUT2D eigenvalue weighted by Crippen LogP contribution is 2.33. The Morgan fingerprint density at radius 3 is 2.19 bits per heavy atom. The first-order chi connectivity index (χ1) is 17.4. The molecule has 0 aliphatic carbocycles. The van der Waals surface area contributed by atoms with E-state index in [0.29, 0.717) is 18.4 Å². The number of rotatable bonds is 14. The molecule has 36 heavy (non-hydrogen) atoms. The van der Waals surface area contributed by atoms with E-state index in [1.807, 2.05) is 6.07 Å². The minimum atomic E-state index is -4.08. The second-order valence-corrected chi connectivity index (χ2v) is 10.4. The molecule has 3 heterocycles. The number of nitrogens with zero attached hydrogens (tertiary/aromatic N) is 4. The number of halogens is 2. The van der Waals surface area contributed by atoms with Gasteiger partial charge in [0, 0.05) is 37.0 Å². The summed E-state index contributed by atoms with van der Waals surface area (Å²) in [5, 5.41) is 9.80. The standard InChI is InChI=1S/C29H43BF2N4/c1-5-9-13-24(7-3)20-34(21-25(8-4)14-10-6-2)22-26-16-17-29-27(19-33)28-15-11-12-18-35(28)30(31,32)36(29)23-26/h11-12,15-18,23-25H,5-10,13-14,20-22H2,1-4H3. The van der Waals surface area contributed by atoms with E-state index in [0.717, 1.165) is 40.8 Å². The van der Waals surface area contributed by atoms with Crippen LogP contribution in [0.1, 0.15) is 90.3 Å². The monoisotopic (exact) mass is 496 g/mol. The molecule has 3 rings (SSSR count). The van der Waals surface area contributed by atoms with Crippen molar-refractivity contribution in [1.29, 1.82) is 5.26 Å². The van der Waals surface area contributed by atoms with Gasteiger partial charge in [0.1, 0.15) is 17.8 Å². The summed E-state index contributed by atoms with van der Waals surface area (Å²) in [4.78, 5) is 3.46. The molecular formula is C29H43BF2N4. The van der Waals surface area contributed by atoms with Gasteiger partial charge in [-0.1, -0.05) is 72.3 Å². The van der Waals surface area contributed by atoms with Crippen molar-refractivity contribution >= 4 is 12.5 Å². The summed E-state index contributed by atoms with van der Waals surface area (Å²) in [5.74, 6) is 1.23. The summed E-state index contributed by atoms with van der Waals surface area (Å²) >= 11 is 0. The van der Waals surface area contributed by atoms with Gasteiger partial charge < -0.3 is 17.9 Å². The van der Waals surface area contributed by atoms with Crippen LogP contribution in [0.25, 0.3) is 5.57 Å². The predicted molar refractivity (Wildman–Crippen MR) is 145 cm³/mol. The lowest BCUT2D eigenvalue weighted by Gasteiger charge is -2.38. The van der Waals surface area contributed by atoms with Crippen LogP contribution in [0.5, 0.6) is 0 Å². The van der Waals surface area contributed by atoms with Gasteiger partial charge >= 0.3 is 6.97 Å². The zero-order chi connectivity index (χ0) is 26.1. The van der Waals surface area contributed by atoms with Gasteiger partial charge in [0.25, 0.3) is 0 Å². The molecule has 7 heteroatoms. The molecule has 0 fully saturated rings. The number of fused-ring (bicyclic) bond motifs is 2. The van der Waals surface area contributed by atoms with E-state index in [1.54, 1.807) is 30.5 Å². The van der Waals surface area contributed by atoms with Gasteiger partial charge in [-0.3, -0.25) is 4.90 Å². The summed E-state index contributed by atoms with van der Waals surface area (Å²) in [7, 11) is 0. The number of aromatic nitrogens is 1. The molecular weight excluding hydrogens is 453 g/mol. The molecule has 2 unspecified atom stereocenters. The fourth-order valence-electron chi connectivity index (χ4n) is 5.47. The average molecular weight is 496 g/mol. The molecule has 2 aliphatic rings. The fourth-order valence-corrected chi connectivity index (χ4v) is 5.47. The molecule has 0 spiro atoms. The van der Waals surface area contributed by atoms with E-state index in [9.17, 15) is 5.26 Å². The first kappa shape index (κ1) is 28.1. The summed E-state index contributed by atoms with van der Waals surface area (Å²) in [6.45, 7) is 7.55. The Morgan fingerprint density at radius 1 is 1.00 bits per heavy atom. The smallest absolute Gasteiger partial charge is 0.395 e. The van der Waals surface area contributed by atoms with E-state index in [1.165, 1.54) is 44.7 Å². The number of hydrogen-bond acceptors (Lipinski definition) is 3. The molecule has 1 aromatic rings.